The van der Waals surface area contributed by atoms with E-state index in [9.17, 15) is 9.59 Å². The average molecular weight is 280 g/mol. The van der Waals surface area contributed by atoms with Gasteiger partial charge in [-0.05, 0) is 0 Å². The number of hydrogen-bond donors (Lipinski definition) is 2. The van der Waals surface area contributed by atoms with E-state index in [1.165, 1.54) is 0 Å². The molecule has 2 heterocycles. The number of nitrogens with one attached hydrogen (secondary N) is 2. The molecule has 102 valence electrons. The lowest BCUT2D eigenvalue weighted by atomic mass is 10.1. The van der Waals surface area contributed by atoms with E-state index in [1.807, 2.05) is 5.38 Å². The van der Waals surface area contributed by atoms with E-state index < -0.39 is 0 Å². The molecule has 1 aliphatic heterocycles. The quantitative estimate of drug-likeness (QED) is 0.867. The first-order valence-corrected chi connectivity index (χ1v) is 7.02. The van der Waals surface area contributed by atoms with Crippen LogP contribution >= 0.6 is 11.3 Å². The summed E-state index contributed by atoms with van der Waals surface area (Å²) in [6, 6.07) is 0. The average Bonchev–Trinajstić information content (AvgIpc) is 2.86. The fourth-order valence-corrected chi connectivity index (χ4v) is 2.41. The van der Waals surface area contributed by atoms with Crippen molar-refractivity contribution in [2.45, 2.75) is 39.2 Å². The molecule has 0 aliphatic carbocycles. The Kier molecular flexibility index (Phi) is 4.26. The van der Waals surface area contributed by atoms with E-state index in [0.717, 1.165) is 10.7 Å². The fourth-order valence-electron chi connectivity index (χ4n) is 1.58. The molecule has 7 heteroatoms. The lowest BCUT2D eigenvalue weighted by Crippen LogP contribution is -2.36. The number of thiazole rings is 1. The summed E-state index contributed by atoms with van der Waals surface area (Å²) in [5.41, 5.74) is 3.51. The zero-order valence-corrected chi connectivity index (χ0v) is 11.7. The lowest BCUT2D eigenvalue weighted by molar-refractivity contribution is -0.121. The van der Waals surface area contributed by atoms with Crippen LogP contribution in [0.3, 0.4) is 0 Å². The van der Waals surface area contributed by atoms with Gasteiger partial charge in [-0.3, -0.25) is 9.59 Å². The molecule has 0 saturated carbocycles. The molecule has 0 unspecified atom stereocenters. The molecule has 0 saturated heterocycles. The second-order valence-corrected chi connectivity index (χ2v) is 5.50. The van der Waals surface area contributed by atoms with Crippen LogP contribution in [0.4, 0.5) is 0 Å². The summed E-state index contributed by atoms with van der Waals surface area (Å²) < 4.78 is 0. The fraction of sp³-hybridized carbons (Fsp3) is 0.500. The van der Waals surface area contributed by atoms with Gasteiger partial charge in [0.05, 0.1) is 17.2 Å². The highest BCUT2D eigenvalue weighted by Crippen LogP contribution is 2.18. The SMILES string of the molecule is CC(C)c1nc(CNC(=O)C2=NNC(=O)CC2)cs1. The van der Waals surface area contributed by atoms with Gasteiger partial charge in [-0.15, -0.1) is 11.3 Å². The molecular weight excluding hydrogens is 264 g/mol. The Morgan fingerprint density at radius 3 is 2.89 bits per heavy atom. The van der Waals surface area contributed by atoms with E-state index >= 15 is 0 Å². The zero-order chi connectivity index (χ0) is 13.8. The topological polar surface area (TPSA) is 83.4 Å². The number of hydrogen-bond acceptors (Lipinski definition) is 5. The minimum absolute atomic E-state index is 0.155. The van der Waals surface area contributed by atoms with Crippen molar-refractivity contribution < 1.29 is 9.59 Å². The van der Waals surface area contributed by atoms with Gasteiger partial charge in [0.25, 0.3) is 5.91 Å². The number of rotatable bonds is 4. The second-order valence-electron chi connectivity index (χ2n) is 4.61. The molecule has 2 rings (SSSR count). The van der Waals surface area contributed by atoms with Crippen LogP contribution in [0, 0.1) is 0 Å². The van der Waals surface area contributed by atoms with Gasteiger partial charge >= 0.3 is 0 Å². The van der Waals surface area contributed by atoms with Gasteiger partial charge in [0.1, 0.15) is 5.71 Å². The Balaban J connectivity index is 1.88. The molecule has 6 nitrogen and oxygen atoms in total. The predicted octanol–water partition coefficient (Wildman–Crippen LogP) is 1.15. The maximum Gasteiger partial charge on any atom is 0.267 e. The minimum Gasteiger partial charge on any atom is -0.345 e. The first-order chi connectivity index (χ1) is 9.06. The van der Waals surface area contributed by atoms with Gasteiger partial charge in [-0.2, -0.15) is 5.10 Å². The van der Waals surface area contributed by atoms with Crippen LogP contribution in [-0.2, 0) is 16.1 Å². The number of hydrazone groups is 1. The monoisotopic (exact) mass is 280 g/mol. The molecule has 19 heavy (non-hydrogen) atoms. The van der Waals surface area contributed by atoms with Crippen LogP contribution in [0.25, 0.3) is 0 Å². The Labute approximate surface area is 115 Å². The van der Waals surface area contributed by atoms with Gasteiger partial charge < -0.3 is 5.32 Å². The van der Waals surface area contributed by atoms with E-state index in [0.29, 0.717) is 31.0 Å². The molecule has 1 aromatic rings. The van der Waals surface area contributed by atoms with Crippen LogP contribution in [-0.4, -0.2) is 22.5 Å². The van der Waals surface area contributed by atoms with Gasteiger partial charge in [0, 0.05) is 24.1 Å². The zero-order valence-electron chi connectivity index (χ0n) is 10.9. The first kappa shape index (κ1) is 13.7. The highest BCUT2D eigenvalue weighted by Gasteiger charge is 2.18. The maximum atomic E-state index is 11.8. The van der Waals surface area contributed by atoms with Gasteiger partial charge in [-0.25, -0.2) is 10.4 Å². The summed E-state index contributed by atoms with van der Waals surface area (Å²) in [6.45, 7) is 4.55. The van der Waals surface area contributed by atoms with Gasteiger partial charge in [-0.1, -0.05) is 13.8 Å². The van der Waals surface area contributed by atoms with Crippen LogP contribution in [0.15, 0.2) is 10.5 Å². The minimum atomic E-state index is -0.251. The molecule has 0 bridgehead atoms. The van der Waals surface area contributed by atoms with Crippen molar-refractivity contribution in [2.75, 3.05) is 0 Å². The highest BCUT2D eigenvalue weighted by atomic mass is 32.1. The third kappa shape index (κ3) is 3.60. The maximum absolute atomic E-state index is 11.8. The summed E-state index contributed by atoms with van der Waals surface area (Å²) in [7, 11) is 0. The standard InChI is InChI=1S/C12H16N4O2S/c1-7(2)12-14-8(6-19-12)5-13-11(18)9-3-4-10(17)16-15-9/h6-7H,3-5H2,1-2H3,(H,13,18)(H,16,17). The van der Waals surface area contributed by atoms with Crippen molar-refractivity contribution in [3.63, 3.8) is 0 Å². The summed E-state index contributed by atoms with van der Waals surface area (Å²) in [5, 5.41) is 9.51. The number of carbonyl (C=O) groups excluding carboxylic acids is 2. The Bertz CT molecular complexity index is 522. The molecular formula is C12H16N4O2S. The molecule has 2 amide bonds. The first-order valence-electron chi connectivity index (χ1n) is 6.14. The summed E-state index contributed by atoms with van der Waals surface area (Å²) in [5.74, 6) is -0.0101. The van der Waals surface area contributed by atoms with Crippen molar-refractivity contribution in [3.05, 3.63) is 16.1 Å². The van der Waals surface area contributed by atoms with E-state index in [4.69, 9.17) is 0 Å². The smallest absolute Gasteiger partial charge is 0.267 e. The molecule has 1 aliphatic rings. The second kappa shape index (κ2) is 5.92. The Morgan fingerprint density at radius 1 is 1.53 bits per heavy atom. The van der Waals surface area contributed by atoms with Gasteiger partial charge in [0.15, 0.2) is 0 Å². The number of nitrogens with zero attached hydrogens (tertiary/aromatic N) is 2. The molecule has 0 radical (unpaired) electrons. The van der Waals surface area contributed by atoms with Gasteiger partial charge in [0.2, 0.25) is 5.91 Å². The van der Waals surface area contributed by atoms with Crippen LogP contribution in [0.2, 0.25) is 0 Å². The molecule has 2 N–H and O–H groups in total. The number of aromatic nitrogens is 1. The summed E-state index contributed by atoms with van der Waals surface area (Å²) >= 11 is 1.60. The highest BCUT2D eigenvalue weighted by molar-refractivity contribution is 7.09. The van der Waals surface area contributed by atoms with Crippen molar-refractivity contribution in [1.29, 1.82) is 0 Å². The lowest BCUT2D eigenvalue weighted by Gasteiger charge is -2.11. The van der Waals surface area contributed by atoms with E-state index in [2.05, 4.69) is 34.7 Å². The van der Waals surface area contributed by atoms with Crippen molar-refractivity contribution in [1.82, 2.24) is 15.7 Å². The predicted molar refractivity (Wildman–Crippen MR) is 72.9 cm³/mol. The van der Waals surface area contributed by atoms with Crippen molar-refractivity contribution >= 4 is 28.9 Å². The number of carbonyl (C=O) groups is 2. The normalized spacial score (nSPS) is 15.1. The molecule has 0 aromatic carbocycles. The van der Waals surface area contributed by atoms with Crippen LogP contribution in [0.1, 0.15) is 43.3 Å². The van der Waals surface area contributed by atoms with Crippen LogP contribution in [0.5, 0.6) is 0 Å². The van der Waals surface area contributed by atoms with E-state index in [-0.39, 0.29) is 11.8 Å². The van der Waals surface area contributed by atoms with Crippen LogP contribution < -0.4 is 10.7 Å². The summed E-state index contributed by atoms with van der Waals surface area (Å²) in [4.78, 5) is 27.2. The Morgan fingerprint density at radius 2 is 2.32 bits per heavy atom. The molecule has 1 aromatic heterocycles. The molecule has 0 fully saturated rings. The third-order valence-corrected chi connectivity index (χ3v) is 3.85. The Hall–Kier alpha value is -1.76. The third-order valence-electron chi connectivity index (χ3n) is 2.66. The molecule has 0 spiro atoms. The largest absolute Gasteiger partial charge is 0.345 e. The molecule has 0 atom stereocenters. The van der Waals surface area contributed by atoms with Crippen molar-refractivity contribution in [3.8, 4) is 0 Å². The number of amides is 2. The summed E-state index contributed by atoms with van der Waals surface area (Å²) in [6.07, 6.45) is 0.687. The van der Waals surface area contributed by atoms with Crippen molar-refractivity contribution in [2.24, 2.45) is 5.10 Å². The van der Waals surface area contributed by atoms with E-state index in [1.54, 1.807) is 11.3 Å².